The van der Waals surface area contributed by atoms with Crippen LogP contribution in [0.2, 0.25) is 0 Å². The predicted molar refractivity (Wildman–Crippen MR) is 81.2 cm³/mol. The van der Waals surface area contributed by atoms with Crippen molar-refractivity contribution in [3.8, 4) is 0 Å². The molecule has 1 aromatic carbocycles. The number of hydrogen-bond donors (Lipinski definition) is 1. The molecule has 1 N–H and O–H groups in total. The first kappa shape index (κ1) is 18.0. The molecule has 0 saturated heterocycles. The largest absolute Gasteiger partial charge is 0.416 e. The van der Waals surface area contributed by atoms with Gasteiger partial charge in [0, 0.05) is 6.04 Å². The van der Waals surface area contributed by atoms with E-state index in [9.17, 15) is 13.2 Å². The molecule has 0 aliphatic rings. The molecule has 0 saturated carbocycles. The Bertz CT molecular complexity index is 411. The molecule has 21 heavy (non-hydrogen) atoms. The number of alkyl halides is 3. The summed E-state index contributed by atoms with van der Waals surface area (Å²) in [5, 5.41) is 3.40. The maximum Gasteiger partial charge on any atom is 0.416 e. The van der Waals surface area contributed by atoms with E-state index >= 15 is 0 Å². The third-order valence-corrected chi connectivity index (χ3v) is 3.98. The molecule has 1 aromatic rings. The van der Waals surface area contributed by atoms with Crippen LogP contribution in [0.5, 0.6) is 0 Å². The molecule has 0 fully saturated rings. The van der Waals surface area contributed by atoms with Gasteiger partial charge in [-0.05, 0) is 43.0 Å². The summed E-state index contributed by atoms with van der Waals surface area (Å²) in [5.74, 6) is 0.536. The molecule has 1 atom stereocenters. The Morgan fingerprint density at radius 2 is 1.76 bits per heavy atom. The van der Waals surface area contributed by atoms with Gasteiger partial charge < -0.3 is 5.32 Å². The quantitative estimate of drug-likeness (QED) is 0.661. The normalized spacial score (nSPS) is 13.7. The molecule has 0 spiro atoms. The molecular weight excluding hydrogens is 275 g/mol. The summed E-state index contributed by atoms with van der Waals surface area (Å²) in [4.78, 5) is 0. The van der Waals surface area contributed by atoms with Crippen LogP contribution in [0.15, 0.2) is 24.3 Å². The lowest BCUT2D eigenvalue weighted by molar-refractivity contribution is -0.137. The second kappa shape index (κ2) is 8.42. The van der Waals surface area contributed by atoms with Crippen LogP contribution in [-0.2, 0) is 6.18 Å². The smallest absolute Gasteiger partial charge is 0.310 e. The van der Waals surface area contributed by atoms with Crippen molar-refractivity contribution in [2.45, 2.75) is 58.7 Å². The third-order valence-electron chi connectivity index (χ3n) is 3.98. The van der Waals surface area contributed by atoms with Crippen molar-refractivity contribution >= 4 is 0 Å². The minimum Gasteiger partial charge on any atom is -0.310 e. The Labute approximate surface area is 125 Å². The van der Waals surface area contributed by atoms with Crippen molar-refractivity contribution < 1.29 is 13.2 Å². The lowest BCUT2D eigenvalue weighted by Crippen LogP contribution is -2.24. The van der Waals surface area contributed by atoms with Gasteiger partial charge in [0.2, 0.25) is 0 Å². The molecule has 0 amide bonds. The fraction of sp³-hybridized carbons (Fsp3) is 0.647. The summed E-state index contributed by atoms with van der Waals surface area (Å²) < 4.78 is 38.6. The van der Waals surface area contributed by atoms with Crippen molar-refractivity contribution in [1.29, 1.82) is 0 Å². The van der Waals surface area contributed by atoms with Crippen molar-refractivity contribution in [3.63, 3.8) is 0 Å². The summed E-state index contributed by atoms with van der Waals surface area (Å²) in [5.41, 5.74) is 0.179. The standard InChI is InChI=1S/C17H26F3N/c1-4-10-21-16(11-13(5-2)6-3)14-8-7-9-15(12-14)17(18,19)20/h7-9,12-13,16,21H,4-6,10-11H2,1-3H3. The Balaban J connectivity index is 2.96. The van der Waals surface area contributed by atoms with Crippen LogP contribution < -0.4 is 5.32 Å². The zero-order chi connectivity index (χ0) is 15.9. The van der Waals surface area contributed by atoms with Crippen LogP contribution in [0, 0.1) is 5.92 Å². The fourth-order valence-electron chi connectivity index (χ4n) is 2.54. The van der Waals surface area contributed by atoms with Gasteiger partial charge in [-0.1, -0.05) is 45.7 Å². The number of rotatable bonds is 8. The van der Waals surface area contributed by atoms with Crippen molar-refractivity contribution in [2.75, 3.05) is 6.54 Å². The molecule has 0 heterocycles. The summed E-state index contributed by atoms with van der Waals surface area (Å²) in [6.07, 6.45) is -0.313. The van der Waals surface area contributed by atoms with Gasteiger partial charge in [0.1, 0.15) is 0 Å². The number of nitrogens with one attached hydrogen (secondary N) is 1. The van der Waals surface area contributed by atoms with Crippen LogP contribution in [0.4, 0.5) is 13.2 Å². The Kier molecular flexibility index (Phi) is 7.23. The van der Waals surface area contributed by atoms with Gasteiger partial charge in [0.25, 0.3) is 0 Å². The van der Waals surface area contributed by atoms with Crippen molar-refractivity contribution in [1.82, 2.24) is 5.32 Å². The molecule has 0 bridgehead atoms. The van der Waals surface area contributed by atoms with Crippen LogP contribution in [0.25, 0.3) is 0 Å². The zero-order valence-corrected chi connectivity index (χ0v) is 13.1. The highest BCUT2D eigenvalue weighted by atomic mass is 19.4. The number of halogens is 3. The fourth-order valence-corrected chi connectivity index (χ4v) is 2.54. The monoisotopic (exact) mass is 301 g/mol. The van der Waals surface area contributed by atoms with E-state index in [-0.39, 0.29) is 6.04 Å². The Morgan fingerprint density at radius 3 is 2.29 bits per heavy atom. The molecule has 0 aliphatic heterocycles. The molecule has 1 unspecified atom stereocenters. The van der Waals surface area contributed by atoms with Gasteiger partial charge in [-0.15, -0.1) is 0 Å². The molecule has 120 valence electrons. The molecule has 1 rings (SSSR count). The average molecular weight is 301 g/mol. The van der Waals surface area contributed by atoms with E-state index in [4.69, 9.17) is 0 Å². The highest BCUT2D eigenvalue weighted by Crippen LogP contribution is 2.32. The Morgan fingerprint density at radius 1 is 1.10 bits per heavy atom. The van der Waals surface area contributed by atoms with E-state index in [1.807, 2.05) is 0 Å². The second-order valence-electron chi connectivity index (χ2n) is 5.55. The first-order valence-corrected chi connectivity index (χ1v) is 7.82. The highest BCUT2D eigenvalue weighted by Gasteiger charge is 2.31. The minimum absolute atomic E-state index is 0.00264. The average Bonchev–Trinajstić information content (AvgIpc) is 2.47. The van der Waals surface area contributed by atoms with Gasteiger partial charge in [-0.25, -0.2) is 0 Å². The SMILES string of the molecule is CCCNC(CC(CC)CC)c1cccc(C(F)(F)F)c1. The van der Waals surface area contributed by atoms with E-state index in [0.717, 1.165) is 43.9 Å². The van der Waals surface area contributed by atoms with E-state index in [1.54, 1.807) is 6.07 Å². The molecular formula is C17H26F3N. The maximum atomic E-state index is 12.9. The van der Waals surface area contributed by atoms with Crippen molar-refractivity contribution in [2.24, 2.45) is 5.92 Å². The maximum absolute atomic E-state index is 12.9. The molecule has 4 heteroatoms. The molecule has 0 aromatic heterocycles. The second-order valence-corrected chi connectivity index (χ2v) is 5.55. The van der Waals surface area contributed by atoms with Gasteiger partial charge in [-0.2, -0.15) is 13.2 Å². The number of hydrogen-bond acceptors (Lipinski definition) is 1. The number of benzene rings is 1. The Hall–Kier alpha value is -1.03. The summed E-state index contributed by atoms with van der Waals surface area (Å²) in [6.45, 7) is 7.16. The van der Waals surface area contributed by atoms with Gasteiger partial charge in [-0.3, -0.25) is 0 Å². The van der Waals surface area contributed by atoms with Gasteiger partial charge >= 0.3 is 6.18 Å². The molecule has 0 aliphatic carbocycles. The van der Waals surface area contributed by atoms with Crippen LogP contribution in [0.1, 0.15) is 63.6 Å². The first-order valence-electron chi connectivity index (χ1n) is 7.82. The highest BCUT2D eigenvalue weighted by molar-refractivity contribution is 5.28. The lowest BCUT2D eigenvalue weighted by atomic mass is 9.90. The minimum atomic E-state index is -4.28. The topological polar surface area (TPSA) is 12.0 Å². The van der Waals surface area contributed by atoms with E-state index in [2.05, 4.69) is 26.1 Å². The van der Waals surface area contributed by atoms with Crippen LogP contribution in [-0.4, -0.2) is 6.54 Å². The third kappa shape index (κ3) is 5.70. The van der Waals surface area contributed by atoms with Gasteiger partial charge in [0.15, 0.2) is 0 Å². The lowest BCUT2D eigenvalue weighted by Gasteiger charge is -2.24. The summed E-state index contributed by atoms with van der Waals surface area (Å²) in [6, 6.07) is 5.72. The van der Waals surface area contributed by atoms with Crippen LogP contribution >= 0.6 is 0 Å². The van der Waals surface area contributed by atoms with Gasteiger partial charge in [0.05, 0.1) is 5.56 Å². The van der Waals surface area contributed by atoms with E-state index in [0.29, 0.717) is 5.92 Å². The molecule has 0 radical (unpaired) electrons. The predicted octanol–water partition coefficient (Wildman–Crippen LogP) is 5.57. The van der Waals surface area contributed by atoms with E-state index in [1.165, 1.54) is 12.1 Å². The first-order chi connectivity index (χ1) is 9.92. The molecule has 1 nitrogen and oxygen atoms in total. The summed E-state index contributed by atoms with van der Waals surface area (Å²) >= 11 is 0. The van der Waals surface area contributed by atoms with Crippen molar-refractivity contribution in [3.05, 3.63) is 35.4 Å². The van der Waals surface area contributed by atoms with E-state index < -0.39 is 11.7 Å². The summed E-state index contributed by atoms with van der Waals surface area (Å²) in [7, 11) is 0. The van der Waals surface area contributed by atoms with Crippen LogP contribution in [0.3, 0.4) is 0 Å². The zero-order valence-electron chi connectivity index (χ0n) is 13.1.